The number of ether oxygens (including phenoxy) is 1. The van der Waals surface area contributed by atoms with Crippen LogP contribution in [-0.4, -0.2) is 36.8 Å². The first-order valence-corrected chi connectivity index (χ1v) is 4.30. The molecule has 0 aliphatic rings. The van der Waals surface area contributed by atoms with E-state index in [1.165, 1.54) is 25.7 Å². The van der Waals surface area contributed by atoms with E-state index in [4.69, 9.17) is 11.2 Å². The molecule has 3 heteroatoms. The van der Waals surface area contributed by atoms with E-state index in [1.54, 1.807) is 7.11 Å². The van der Waals surface area contributed by atoms with Crippen LogP contribution in [0.5, 0.6) is 0 Å². The molecule has 0 heterocycles. The average Bonchev–Trinajstić information content (AvgIpc) is 2.03. The molecule has 0 saturated carbocycles. The normalized spacial score (nSPS) is 8.00. The molecule has 0 fully saturated rings. The van der Waals surface area contributed by atoms with Crippen molar-refractivity contribution in [2.45, 2.75) is 38.5 Å². The molecule has 0 unspecified atom stereocenters. The van der Waals surface area contributed by atoms with Crippen LogP contribution in [0, 0.1) is 12.3 Å². The van der Waals surface area contributed by atoms with E-state index in [0.29, 0.717) is 0 Å². The average molecular weight is 257 g/mol. The monoisotopic (exact) mass is 256 g/mol. The summed E-state index contributed by atoms with van der Waals surface area (Å²) in [5, 5.41) is 0. The van der Waals surface area contributed by atoms with Gasteiger partial charge in [-0.2, -0.15) is 0 Å². The molecule has 72 valence electrons. The van der Waals surface area contributed by atoms with Gasteiger partial charge in [-0.05, 0) is 19.3 Å². The quantitative estimate of drug-likeness (QED) is 0.251. The number of hydrogen-bond acceptors (Lipinski definition) is 1. The Balaban J connectivity index is -0.000000500. The molecule has 0 rings (SSSR count). The van der Waals surface area contributed by atoms with Crippen molar-refractivity contribution in [3.63, 3.8) is 0 Å². The summed E-state index contributed by atoms with van der Waals surface area (Å²) in [5.41, 5.74) is 0. The number of halogens is 1. The molecular weight excluding hydrogens is 240 g/mol. The first-order valence-electron chi connectivity index (χ1n) is 4.30. The summed E-state index contributed by atoms with van der Waals surface area (Å²) in [4.78, 5) is 0. The van der Waals surface area contributed by atoms with Crippen LogP contribution in [0.4, 0.5) is 0 Å². The molecule has 0 atom stereocenters. The second kappa shape index (κ2) is 18.5. The summed E-state index contributed by atoms with van der Waals surface area (Å²) in [6, 6.07) is 0. The number of rotatable bonds is 7. The van der Waals surface area contributed by atoms with E-state index in [-0.39, 0.29) is 40.0 Å². The molecule has 1 nitrogen and oxygen atoms in total. The molecule has 0 aliphatic heterocycles. The summed E-state index contributed by atoms with van der Waals surface area (Å²) >= 11 is 0. The second-order valence-corrected chi connectivity index (χ2v) is 2.69. The van der Waals surface area contributed by atoms with Gasteiger partial charge in [0, 0.05) is 13.7 Å². The Kier molecular flexibility index (Phi) is 27.6. The van der Waals surface area contributed by atoms with Crippen molar-refractivity contribution >= 4 is 23.1 Å². The van der Waals surface area contributed by atoms with E-state index in [2.05, 4.69) is 5.92 Å². The summed E-state index contributed by atoms with van der Waals surface area (Å²) in [6.45, 7) is 0.886. The predicted molar refractivity (Wildman–Crippen MR) is 52.5 cm³/mol. The Hall–Kier alpha value is 0.766. The third-order valence-electron chi connectivity index (χ3n) is 1.65. The standard InChI is InChI=1S/C10H17O.BrH.Mg/c1-3-4-5-6-7-8-9-10-11-2;;/h4-10H2,2H3;1H;/q-1;;+2/p-1. The van der Waals surface area contributed by atoms with Crippen LogP contribution in [0.15, 0.2) is 0 Å². The molecule has 13 heavy (non-hydrogen) atoms. The van der Waals surface area contributed by atoms with E-state index in [0.717, 1.165) is 19.4 Å². The van der Waals surface area contributed by atoms with Gasteiger partial charge in [-0.3, -0.25) is 0 Å². The molecule has 0 amide bonds. The van der Waals surface area contributed by atoms with Gasteiger partial charge in [0.05, 0.1) is 0 Å². The van der Waals surface area contributed by atoms with Crippen LogP contribution in [0.3, 0.4) is 0 Å². The summed E-state index contributed by atoms with van der Waals surface area (Å²) in [7, 11) is 1.74. The van der Waals surface area contributed by atoms with Crippen LogP contribution in [0.2, 0.25) is 0 Å². The van der Waals surface area contributed by atoms with E-state index in [1.807, 2.05) is 0 Å². The number of unbranched alkanes of at least 4 members (excludes halogenated alkanes) is 5. The molecular formula is C10H17BrMgO. The fourth-order valence-electron chi connectivity index (χ4n) is 0.990. The van der Waals surface area contributed by atoms with E-state index < -0.39 is 0 Å². The molecule has 0 bridgehead atoms. The smallest absolute Gasteiger partial charge is 1.00 e. The molecule has 0 aliphatic carbocycles. The molecule has 0 spiro atoms. The third kappa shape index (κ3) is 19.3. The fraction of sp³-hybridized carbons (Fsp3) is 0.800. The van der Waals surface area contributed by atoms with Crippen molar-refractivity contribution < 1.29 is 21.7 Å². The molecule has 0 N–H and O–H groups in total. The van der Waals surface area contributed by atoms with Gasteiger partial charge >= 0.3 is 23.1 Å². The van der Waals surface area contributed by atoms with Crippen LogP contribution < -0.4 is 17.0 Å². The first kappa shape index (κ1) is 19.4. The van der Waals surface area contributed by atoms with Gasteiger partial charge in [-0.1, -0.05) is 19.3 Å². The Morgan fingerprint density at radius 3 is 2.15 bits per heavy atom. The van der Waals surface area contributed by atoms with Crippen molar-refractivity contribution in [2.75, 3.05) is 13.7 Å². The van der Waals surface area contributed by atoms with Gasteiger partial charge in [0.1, 0.15) is 0 Å². The maximum atomic E-state index is 6.68. The fourth-order valence-corrected chi connectivity index (χ4v) is 0.990. The van der Waals surface area contributed by atoms with Crippen molar-refractivity contribution in [2.24, 2.45) is 0 Å². The van der Waals surface area contributed by atoms with Crippen LogP contribution in [0.25, 0.3) is 0 Å². The van der Waals surface area contributed by atoms with Crippen LogP contribution in [0.1, 0.15) is 38.5 Å². The van der Waals surface area contributed by atoms with Crippen molar-refractivity contribution in [3.8, 4) is 5.92 Å². The zero-order valence-corrected chi connectivity index (χ0v) is 11.4. The minimum Gasteiger partial charge on any atom is -1.00 e. The van der Waals surface area contributed by atoms with E-state index >= 15 is 0 Å². The van der Waals surface area contributed by atoms with Crippen molar-refractivity contribution in [1.82, 2.24) is 0 Å². The van der Waals surface area contributed by atoms with Gasteiger partial charge < -0.3 is 34.1 Å². The molecule has 0 aromatic rings. The van der Waals surface area contributed by atoms with Gasteiger partial charge in [-0.25, -0.2) is 0 Å². The third-order valence-corrected chi connectivity index (χ3v) is 1.65. The zero-order valence-electron chi connectivity index (χ0n) is 8.44. The summed E-state index contributed by atoms with van der Waals surface area (Å²) < 4.78 is 4.93. The van der Waals surface area contributed by atoms with Gasteiger partial charge in [0.2, 0.25) is 0 Å². The molecule has 0 aromatic carbocycles. The van der Waals surface area contributed by atoms with Gasteiger partial charge in [-0.15, -0.1) is 0 Å². The summed E-state index contributed by atoms with van der Waals surface area (Å²) in [6.07, 6.45) is 13.6. The summed E-state index contributed by atoms with van der Waals surface area (Å²) in [5.74, 6) is 2.40. The maximum Gasteiger partial charge on any atom is 2.00 e. The largest absolute Gasteiger partial charge is 2.00 e. The van der Waals surface area contributed by atoms with Crippen LogP contribution in [-0.2, 0) is 4.74 Å². The minimum absolute atomic E-state index is 0. The minimum atomic E-state index is 0. The molecule has 0 radical (unpaired) electrons. The predicted octanol–water partition coefficient (Wildman–Crippen LogP) is -0.814. The molecule has 0 saturated heterocycles. The van der Waals surface area contributed by atoms with Gasteiger partial charge in [0.25, 0.3) is 0 Å². The Morgan fingerprint density at radius 2 is 1.62 bits per heavy atom. The molecule has 0 aromatic heterocycles. The van der Waals surface area contributed by atoms with Crippen LogP contribution >= 0.6 is 0 Å². The number of hydrogen-bond donors (Lipinski definition) is 0. The Morgan fingerprint density at radius 1 is 1.08 bits per heavy atom. The number of methoxy groups -OCH3 is 1. The SMILES string of the molecule is [Br-].[C-]#CCCCCCCCOC.[Mg+2]. The van der Waals surface area contributed by atoms with Gasteiger partial charge in [0.15, 0.2) is 0 Å². The first-order chi connectivity index (χ1) is 5.41. The zero-order chi connectivity index (χ0) is 8.36. The van der Waals surface area contributed by atoms with Crippen molar-refractivity contribution in [3.05, 3.63) is 6.42 Å². The maximum absolute atomic E-state index is 6.68. The van der Waals surface area contributed by atoms with E-state index in [9.17, 15) is 0 Å². The topological polar surface area (TPSA) is 9.23 Å². The Bertz CT molecular complexity index is 112. The Labute approximate surface area is 109 Å². The second-order valence-electron chi connectivity index (χ2n) is 2.69. The van der Waals surface area contributed by atoms with Crippen molar-refractivity contribution in [1.29, 1.82) is 0 Å².